The fraction of sp³-hybridized carbons (Fsp3) is 0.167. The summed E-state index contributed by atoms with van der Waals surface area (Å²) in [7, 11) is 0. The molecule has 2 heterocycles. The molecule has 0 saturated carbocycles. The van der Waals surface area contributed by atoms with Crippen molar-refractivity contribution < 1.29 is 14.6 Å². The second kappa shape index (κ2) is 4.78. The van der Waals surface area contributed by atoms with Gasteiger partial charge in [0.2, 0.25) is 11.9 Å². The first kappa shape index (κ1) is 12.9. The number of anilines is 2. The quantitative estimate of drug-likeness (QED) is 0.676. The molecule has 0 spiro atoms. The summed E-state index contributed by atoms with van der Waals surface area (Å²) in [4.78, 5) is 37.5. The van der Waals surface area contributed by atoms with Crippen molar-refractivity contribution in [2.75, 3.05) is 11.4 Å². The number of fused-ring (bicyclic) bond motifs is 1. The molecule has 1 aromatic carbocycles. The van der Waals surface area contributed by atoms with Crippen LogP contribution in [0.25, 0.3) is 0 Å². The molecule has 3 rings (SSSR count). The highest BCUT2D eigenvalue weighted by atomic mass is 16.5. The van der Waals surface area contributed by atoms with Gasteiger partial charge in [0.05, 0.1) is 12.2 Å². The van der Waals surface area contributed by atoms with E-state index in [1.165, 1.54) is 4.90 Å². The van der Waals surface area contributed by atoms with Crippen LogP contribution in [0.5, 0.6) is 5.75 Å². The number of nitrogens with zero attached hydrogens (tertiary/aromatic N) is 2. The van der Waals surface area contributed by atoms with Gasteiger partial charge in [0.25, 0.3) is 5.56 Å². The van der Waals surface area contributed by atoms with E-state index in [4.69, 9.17) is 9.84 Å². The zero-order chi connectivity index (χ0) is 15.0. The topological polar surface area (TPSA) is 128 Å². The van der Waals surface area contributed by atoms with Gasteiger partial charge < -0.3 is 14.7 Å². The van der Waals surface area contributed by atoms with Crippen molar-refractivity contribution in [1.29, 1.82) is 0 Å². The lowest BCUT2D eigenvalue weighted by molar-refractivity contribution is -0.144. The zero-order valence-corrected chi connectivity index (χ0v) is 10.6. The van der Waals surface area contributed by atoms with E-state index in [1.54, 1.807) is 24.3 Å². The zero-order valence-electron chi connectivity index (χ0n) is 10.6. The number of rotatable bonds is 2. The normalized spacial score (nSPS) is 17.0. The fourth-order valence-electron chi connectivity index (χ4n) is 2.09. The number of ether oxygens (including phenoxy) is 1. The molecule has 9 nitrogen and oxygen atoms in total. The molecule has 2 aromatic rings. The molecule has 1 aliphatic rings. The maximum absolute atomic E-state index is 11.9. The second-order valence-electron chi connectivity index (χ2n) is 4.35. The lowest BCUT2D eigenvalue weighted by Crippen LogP contribution is -2.45. The molecule has 108 valence electrons. The summed E-state index contributed by atoms with van der Waals surface area (Å²) < 4.78 is 5.36. The molecule has 0 amide bonds. The van der Waals surface area contributed by atoms with Gasteiger partial charge in [-0.1, -0.05) is 12.1 Å². The maximum Gasteiger partial charge on any atom is 0.346 e. The predicted octanol–water partition coefficient (Wildman–Crippen LogP) is -0.558. The van der Waals surface area contributed by atoms with E-state index >= 15 is 0 Å². The van der Waals surface area contributed by atoms with E-state index in [0.717, 1.165) is 0 Å². The third-order valence-corrected chi connectivity index (χ3v) is 3.00. The molecule has 1 aliphatic heterocycles. The third-order valence-electron chi connectivity index (χ3n) is 3.00. The molecule has 0 saturated heterocycles. The number of aliphatic carboxylic acids is 1. The molecule has 0 aliphatic carbocycles. The SMILES string of the molecule is O=C(O)C1CN(c2n[nH]c(=O)[nH]c2=O)c2ccccc2O1. The van der Waals surface area contributed by atoms with Crippen molar-refractivity contribution in [2.45, 2.75) is 6.10 Å². The molecule has 3 N–H and O–H groups in total. The number of benzene rings is 1. The Hall–Kier alpha value is -3.10. The number of nitrogens with one attached hydrogen (secondary N) is 2. The number of aromatic nitrogens is 3. The number of carboxylic acids is 1. The molecule has 9 heteroatoms. The van der Waals surface area contributed by atoms with Gasteiger partial charge in [-0.05, 0) is 12.1 Å². The van der Waals surface area contributed by atoms with E-state index in [9.17, 15) is 14.4 Å². The van der Waals surface area contributed by atoms with Crippen LogP contribution in [0.2, 0.25) is 0 Å². The van der Waals surface area contributed by atoms with Gasteiger partial charge in [0.1, 0.15) is 5.75 Å². The molecular weight excluding hydrogens is 280 g/mol. The molecular formula is C12H10N4O5. The minimum Gasteiger partial charge on any atom is -0.478 e. The van der Waals surface area contributed by atoms with Crippen molar-refractivity contribution >= 4 is 17.5 Å². The highest BCUT2D eigenvalue weighted by molar-refractivity contribution is 5.78. The number of aromatic amines is 2. The predicted molar refractivity (Wildman–Crippen MR) is 71.0 cm³/mol. The molecule has 0 fully saturated rings. The van der Waals surface area contributed by atoms with E-state index < -0.39 is 23.3 Å². The molecule has 1 unspecified atom stereocenters. The second-order valence-corrected chi connectivity index (χ2v) is 4.35. The summed E-state index contributed by atoms with van der Waals surface area (Å²) >= 11 is 0. The van der Waals surface area contributed by atoms with Crippen LogP contribution in [-0.2, 0) is 4.79 Å². The van der Waals surface area contributed by atoms with Crippen molar-refractivity contribution in [2.24, 2.45) is 0 Å². The molecule has 21 heavy (non-hydrogen) atoms. The summed E-state index contributed by atoms with van der Waals surface area (Å²) in [5, 5.41) is 14.9. The van der Waals surface area contributed by atoms with Crippen LogP contribution in [0.3, 0.4) is 0 Å². The summed E-state index contributed by atoms with van der Waals surface area (Å²) in [6, 6.07) is 6.67. The van der Waals surface area contributed by atoms with E-state index in [-0.39, 0.29) is 12.4 Å². The number of H-pyrrole nitrogens is 2. The van der Waals surface area contributed by atoms with Crippen LogP contribution in [0, 0.1) is 0 Å². The monoisotopic (exact) mass is 290 g/mol. The Kier molecular flexibility index (Phi) is 2.94. The van der Waals surface area contributed by atoms with Gasteiger partial charge in [-0.2, -0.15) is 0 Å². The first-order chi connectivity index (χ1) is 10.1. The lowest BCUT2D eigenvalue weighted by Gasteiger charge is -2.32. The maximum atomic E-state index is 11.9. The average molecular weight is 290 g/mol. The van der Waals surface area contributed by atoms with Crippen LogP contribution >= 0.6 is 0 Å². The van der Waals surface area contributed by atoms with Gasteiger partial charge in [-0.15, -0.1) is 5.10 Å². The van der Waals surface area contributed by atoms with Gasteiger partial charge in [0.15, 0.2) is 0 Å². The Balaban J connectivity index is 2.14. The highest BCUT2D eigenvalue weighted by Gasteiger charge is 2.33. The largest absolute Gasteiger partial charge is 0.478 e. The van der Waals surface area contributed by atoms with Crippen LogP contribution in [0.1, 0.15) is 0 Å². The summed E-state index contributed by atoms with van der Waals surface area (Å²) in [6.45, 7) is -0.103. The van der Waals surface area contributed by atoms with Crippen LogP contribution < -0.4 is 20.9 Å². The standard InChI is InChI=1S/C12H10N4O5/c17-10-9(14-15-12(20)13-10)16-5-8(11(18)19)21-7-4-2-1-3-6(7)16/h1-4,8H,5H2,(H,18,19)(H2,13,15,17,20). The Bertz CT molecular complexity index is 812. The van der Waals surface area contributed by atoms with Gasteiger partial charge in [-0.3, -0.25) is 9.78 Å². The Morgan fingerprint density at radius 3 is 2.86 bits per heavy atom. The lowest BCUT2D eigenvalue weighted by atomic mass is 10.2. The minimum atomic E-state index is -1.16. The van der Waals surface area contributed by atoms with Crippen LogP contribution in [0.15, 0.2) is 33.9 Å². The molecule has 0 radical (unpaired) electrons. The van der Waals surface area contributed by atoms with Gasteiger partial charge in [0, 0.05) is 0 Å². The summed E-state index contributed by atoms with van der Waals surface area (Å²) in [6.07, 6.45) is -1.15. The van der Waals surface area contributed by atoms with Crippen LogP contribution in [-0.4, -0.2) is 38.9 Å². The van der Waals surface area contributed by atoms with Crippen LogP contribution in [0.4, 0.5) is 11.5 Å². The molecule has 1 aromatic heterocycles. The third kappa shape index (κ3) is 2.24. The number of hydrogen-bond donors (Lipinski definition) is 3. The highest BCUT2D eigenvalue weighted by Crippen LogP contribution is 2.35. The fourth-order valence-corrected chi connectivity index (χ4v) is 2.09. The number of para-hydroxylation sites is 2. The van der Waals surface area contributed by atoms with E-state index in [0.29, 0.717) is 11.4 Å². The van der Waals surface area contributed by atoms with Crippen molar-refractivity contribution in [3.8, 4) is 5.75 Å². The first-order valence-electron chi connectivity index (χ1n) is 6.01. The van der Waals surface area contributed by atoms with Crippen molar-refractivity contribution in [1.82, 2.24) is 15.2 Å². The van der Waals surface area contributed by atoms with Gasteiger partial charge >= 0.3 is 11.7 Å². The Morgan fingerprint density at radius 1 is 1.38 bits per heavy atom. The van der Waals surface area contributed by atoms with E-state index in [2.05, 4.69) is 15.2 Å². The van der Waals surface area contributed by atoms with Gasteiger partial charge in [-0.25, -0.2) is 14.7 Å². The molecule has 0 bridgehead atoms. The summed E-state index contributed by atoms with van der Waals surface area (Å²) in [5.41, 5.74) is -0.945. The average Bonchev–Trinajstić information content (AvgIpc) is 2.46. The Labute approximate surface area is 116 Å². The number of carbonyl (C=O) groups is 1. The number of hydrogen-bond acceptors (Lipinski definition) is 6. The summed E-state index contributed by atoms with van der Waals surface area (Å²) in [5.74, 6) is -0.935. The molecule has 1 atom stereocenters. The van der Waals surface area contributed by atoms with Crippen molar-refractivity contribution in [3.05, 3.63) is 45.1 Å². The minimum absolute atomic E-state index is 0.100. The Morgan fingerprint density at radius 2 is 2.14 bits per heavy atom. The van der Waals surface area contributed by atoms with E-state index in [1.807, 2.05) is 0 Å². The first-order valence-corrected chi connectivity index (χ1v) is 6.01. The number of carboxylic acid groups (broad SMARTS) is 1. The van der Waals surface area contributed by atoms with Crippen molar-refractivity contribution in [3.63, 3.8) is 0 Å². The smallest absolute Gasteiger partial charge is 0.346 e.